The van der Waals surface area contributed by atoms with Crippen molar-refractivity contribution in [3.8, 4) is 5.75 Å². The molecule has 0 saturated heterocycles. The van der Waals surface area contributed by atoms with Crippen molar-refractivity contribution in [1.29, 1.82) is 0 Å². The second-order valence-electron chi connectivity index (χ2n) is 5.59. The van der Waals surface area contributed by atoms with E-state index in [1.54, 1.807) is 6.20 Å². The maximum Gasteiger partial charge on any atom is 0.124 e. The second kappa shape index (κ2) is 8.99. The minimum Gasteiger partial charge on any atom is -0.489 e. The molecule has 128 valence electrons. The Bertz CT molecular complexity index is 810. The maximum atomic E-state index is 6.00. The molecule has 3 aromatic rings. The van der Waals surface area contributed by atoms with E-state index in [2.05, 4.69) is 32.3 Å². The van der Waals surface area contributed by atoms with Gasteiger partial charge in [0.25, 0.3) is 0 Å². The Balaban J connectivity index is 1.62. The van der Waals surface area contributed by atoms with Gasteiger partial charge in [0.2, 0.25) is 0 Å². The van der Waals surface area contributed by atoms with Gasteiger partial charge in [-0.3, -0.25) is 4.98 Å². The molecule has 0 aliphatic heterocycles. The summed E-state index contributed by atoms with van der Waals surface area (Å²) in [7, 11) is 0. The lowest BCUT2D eigenvalue weighted by atomic mass is 10.2. The number of hydrogen-bond acceptors (Lipinski definition) is 3. The summed E-state index contributed by atoms with van der Waals surface area (Å²) in [6.07, 6.45) is 1.80. The highest BCUT2D eigenvalue weighted by Crippen LogP contribution is 2.24. The first kappa shape index (κ1) is 17.9. The molecular weight excluding hydrogens is 400 g/mol. The number of pyridine rings is 1. The summed E-state index contributed by atoms with van der Waals surface area (Å²) in [4.78, 5) is 4.32. The molecular formula is C20H18BrClN2O. The Labute approximate surface area is 161 Å². The van der Waals surface area contributed by atoms with Gasteiger partial charge in [-0.1, -0.05) is 45.7 Å². The Morgan fingerprint density at radius 3 is 2.60 bits per heavy atom. The number of nitrogens with zero attached hydrogens (tertiary/aromatic N) is 1. The molecule has 0 saturated carbocycles. The monoisotopic (exact) mass is 416 g/mol. The van der Waals surface area contributed by atoms with Crippen LogP contribution < -0.4 is 10.1 Å². The lowest BCUT2D eigenvalue weighted by molar-refractivity contribution is 0.302. The average molecular weight is 418 g/mol. The van der Waals surface area contributed by atoms with Gasteiger partial charge in [-0.15, -0.1) is 0 Å². The smallest absolute Gasteiger partial charge is 0.124 e. The van der Waals surface area contributed by atoms with E-state index in [0.29, 0.717) is 19.7 Å². The number of hydrogen-bond donors (Lipinski definition) is 1. The van der Waals surface area contributed by atoms with Crippen molar-refractivity contribution in [2.45, 2.75) is 19.7 Å². The predicted molar refractivity (Wildman–Crippen MR) is 105 cm³/mol. The Hall–Kier alpha value is -1.88. The third kappa shape index (κ3) is 5.56. The van der Waals surface area contributed by atoms with Crippen molar-refractivity contribution in [2.75, 3.05) is 0 Å². The number of aromatic nitrogens is 1. The number of rotatable bonds is 7. The third-order valence-electron chi connectivity index (χ3n) is 3.68. The summed E-state index contributed by atoms with van der Waals surface area (Å²) < 4.78 is 7.03. The summed E-state index contributed by atoms with van der Waals surface area (Å²) in [6.45, 7) is 1.92. The van der Waals surface area contributed by atoms with E-state index in [4.69, 9.17) is 16.3 Å². The summed E-state index contributed by atoms with van der Waals surface area (Å²) in [5.74, 6) is 0.867. The lowest BCUT2D eigenvalue weighted by Gasteiger charge is -2.13. The van der Waals surface area contributed by atoms with Crippen LogP contribution in [0.2, 0.25) is 5.02 Å². The third-order valence-corrected chi connectivity index (χ3v) is 4.42. The standard InChI is InChI=1S/C20H18BrClN2O/c21-17-6-9-20(25-14-15-4-7-18(22)8-5-15)16(11-17)12-23-13-19-3-1-2-10-24-19/h1-11,23H,12-14H2. The molecule has 3 rings (SSSR count). The first-order valence-corrected chi connectivity index (χ1v) is 9.14. The molecule has 0 bridgehead atoms. The van der Waals surface area contributed by atoms with Gasteiger partial charge in [-0.25, -0.2) is 0 Å². The Morgan fingerprint density at radius 2 is 1.84 bits per heavy atom. The van der Waals surface area contributed by atoms with E-state index in [-0.39, 0.29) is 0 Å². The van der Waals surface area contributed by atoms with Crippen molar-refractivity contribution in [2.24, 2.45) is 0 Å². The number of nitrogens with one attached hydrogen (secondary N) is 1. The highest BCUT2D eigenvalue weighted by Gasteiger charge is 2.06. The number of halogens is 2. The van der Waals surface area contributed by atoms with E-state index in [1.165, 1.54) is 0 Å². The van der Waals surface area contributed by atoms with Gasteiger partial charge in [-0.2, -0.15) is 0 Å². The maximum absolute atomic E-state index is 6.00. The zero-order chi connectivity index (χ0) is 17.5. The highest BCUT2D eigenvalue weighted by atomic mass is 79.9. The van der Waals surface area contributed by atoms with E-state index in [9.17, 15) is 0 Å². The first-order chi connectivity index (χ1) is 12.2. The van der Waals surface area contributed by atoms with Crippen LogP contribution in [0.4, 0.5) is 0 Å². The summed E-state index contributed by atoms with van der Waals surface area (Å²) in [5.41, 5.74) is 3.19. The molecule has 0 amide bonds. The van der Waals surface area contributed by atoms with Gasteiger partial charge >= 0.3 is 0 Å². The first-order valence-electron chi connectivity index (χ1n) is 7.97. The second-order valence-corrected chi connectivity index (χ2v) is 6.94. The molecule has 1 heterocycles. The van der Waals surface area contributed by atoms with Gasteiger partial charge in [0.1, 0.15) is 12.4 Å². The van der Waals surface area contributed by atoms with Crippen molar-refractivity contribution in [1.82, 2.24) is 10.3 Å². The largest absolute Gasteiger partial charge is 0.489 e. The van der Waals surface area contributed by atoms with Crippen LogP contribution in [0.15, 0.2) is 71.3 Å². The van der Waals surface area contributed by atoms with E-state index >= 15 is 0 Å². The lowest BCUT2D eigenvalue weighted by Crippen LogP contribution is -2.14. The van der Waals surface area contributed by atoms with Gasteiger partial charge in [-0.05, 0) is 48.0 Å². The molecule has 0 spiro atoms. The van der Waals surface area contributed by atoms with Gasteiger partial charge in [0.05, 0.1) is 5.69 Å². The van der Waals surface area contributed by atoms with Crippen LogP contribution in [0.25, 0.3) is 0 Å². The Morgan fingerprint density at radius 1 is 1.00 bits per heavy atom. The normalized spacial score (nSPS) is 10.6. The zero-order valence-corrected chi connectivity index (χ0v) is 15.9. The SMILES string of the molecule is Clc1ccc(COc2ccc(Br)cc2CNCc2ccccn2)cc1. The summed E-state index contributed by atoms with van der Waals surface area (Å²) >= 11 is 9.45. The van der Waals surface area contributed by atoms with Crippen molar-refractivity contribution < 1.29 is 4.74 Å². The Kier molecular flexibility index (Phi) is 6.45. The van der Waals surface area contributed by atoms with Crippen molar-refractivity contribution in [3.05, 3.63) is 93.2 Å². The van der Waals surface area contributed by atoms with Crippen LogP contribution in [0.1, 0.15) is 16.8 Å². The molecule has 0 radical (unpaired) electrons. The fraction of sp³-hybridized carbons (Fsp3) is 0.150. The van der Waals surface area contributed by atoms with Crippen LogP contribution in [0.5, 0.6) is 5.75 Å². The minimum atomic E-state index is 0.506. The quantitative estimate of drug-likeness (QED) is 0.561. The molecule has 0 fully saturated rings. The van der Waals surface area contributed by atoms with Gasteiger partial charge in [0.15, 0.2) is 0 Å². The topological polar surface area (TPSA) is 34.1 Å². The van der Waals surface area contributed by atoms with E-state index < -0.39 is 0 Å². The molecule has 1 N–H and O–H groups in total. The van der Waals surface area contributed by atoms with Crippen LogP contribution >= 0.6 is 27.5 Å². The predicted octanol–water partition coefficient (Wildman–Crippen LogP) is 5.37. The molecule has 2 aromatic carbocycles. The molecule has 0 unspecified atom stereocenters. The summed E-state index contributed by atoms with van der Waals surface area (Å²) in [6, 6.07) is 19.6. The molecule has 5 heteroatoms. The average Bonchev–Trinajstić information content (AvgIpc) is 2.63. The number of benzene rings is 2. The highest BCUT2D eigenvalue weighted by molar-refractivity contribution is 9.10. The van der Waals surface area contributed by atoms with Gasteiger partial charge < -0.3 is 10.1 Å². The summed E-state index contributed by atoms with van der Waals surface area (Å²) in [5, 5.41) is 4.14. The molecule has 0 aliphatic carbocycles. The molecule has 0 atom stereocenters. The molecule has 25 heavy (non-hydrogen) atoms. The van der Waals surface area contributed by atoms with Crippen LogP contribution in [0.3, 0.4) is 0 Å². The van der Waals surface area contributed by atoms with Crippen LogP contribution in [0, 0.1) is 0 Å². The molecule has 1 aromatic heterocycles. The fourth-order valence-corrected chi connectivity index (χ4v) is 2.93. The molecule has 3 nitrogen and oxygen atoms in total. The zero-order valence-electron chi connectivity index (χ0n) is 13.6. The van der Waals surface area contributed by atoms with E-state index in [0.717, 1.165) is 32.1 Å². The number of ether oxygens (including phenoxy) is 1. The van der Waals surface area contributed by atoms with Crippen LogP contribution in [-0.2, 0) is 19.7 Å². The van der Waals surface area contributed by atoms with E-state index in [1.807, 2.05) is 54.6 Å². The van der Waals surface area contributed by atoms with Crippen molar-refractivity contribution in [3.63, 3.8) is 0 Å². The van der Waals surface area contributed by atoms with Crippen LogP contribution in [-0.4, -0.2) is 4.98 Å². The fourth-order valence-electron chi connectivity index (χ4n) is 2.40. The van der Waals surface area contributed by atoms with Gasteiger partial charge in [0, 0.05) is 34.3 Å². The minimum absolute atomic E-state index is 0.506. The van der Waals surface area contributed by atoms with Crippen molar-refractivity contribution >= 4 is 27.5 Å². The molecule has 0 aliphatic rings.